The molecule has 0 bridgehead atoms. The maximum Gasteiger partial charge on any atom is 0.337 e. The van der Waals surface area contributed by atoms with Gasteiger partial charge in [0, 0.05) is 29.1 Å². The molecule has 2 aliphatic carbocycles. The molecular weight excluding hydrogens is 426 g/mol. The molecule has 1 atom stereocenters. The van der Waals surface area contributed by atoms with Gasteiger partial charge in [0.25, 0.3) is 0 Å². The number of H-pyrrole nitrogens is 1. The maximum atomic E-state index is 12.2. The molecule has 34 heavy (non-hydrogen) atoms. The van der Waals surface area contributed by atoms with E-state index in [1.807, 2.05) is 44.3 Å². The molecule has 7 heteroatoms. The largest absolute Gasteiger partial charge is 0.478 e. The number of aromatic carboxylic acids is 1. The van der Waals surface area contributed by atoms with Crippen LogP contribution in [0.15, 0.2) is 30.5 Å². The first kappa shape index (κ1) is 22.3. The second kappa shape index (κ2) is 8.39. The third kappa shape index (κ3) is 4.11. The van der Waals surface area contributed by atoms with E-state index in [4.69, 9.17) is 16.5 Å². The highest BCUT2D eigenvalue weighted by atomic mass is 16.4. The smallest absolute Gasteiger partial charge is 0.337 e. The third-order valence-electron chi connectivity index (χ3n) is 6.76. The Bertz CT molecular complexity index is 1320. The predicted octanol–water partition coefficient (Wildman–Crippen LogP) is 3.82. The monoisotopic (exact) mass is 455 g/mol. The van der Waals surface area contributed by atoms with E-state index < -0.39 is 11.5 Å². The van der Waals surface area contributed by atoms with Crippen molar-refractivity contribution in [3.63, 3.8) is 0 Å². The van der Waals surface area contributed by atoms with Gasteiger partial charge in [-0.1, -0.05) is 18.3 Å². The first-order valence-electron chi connectivity index (χ1n) is 11.7. The minimum absolute atomic E-state index is 0.303. The van der Waals surface area contributed by atoms with Crippen molar-refractivity contribution < 1.29 is 9.90 Å². The molecule has 174 valence electrons. The molecular formula is C27H29N5O2. The minimum Gasteiger partial charge on any atom is -0.478 e. The average Bonchev–Trinajstić information content (AvgIpc) is 3.16. The van der Waals surface area contributed by atoms with Crippen LogP contribution >= 0.6 is 0 Å². The summed E-state index contributed by atoms with van der Waals surface area (Å²) in [6, 6.07) is 7.43. The number of benzene rings is 1. The van der Waals surface area contributed by atoms with Gasteiger partial charge in [-0.15, -0.1) is 0 Å². The van der Waals surface area contributed by atoms with E-state index in [2.05, 4.69) is 21.8 Å². The SMILES string of the molecule is CC(C)(N)C#Cc1ccc(-c2ncc3c(n2)-c2[nH]c(C(N)C4CCC4)c(C(=O)O)c2CC3)cc1. The fraction of sp³-hybridized carbons (Fsp3) is 0.370. The number of aromatic amines is 1. The number of nitrogens with two attached hydrogens (primary N) is 2. The lowest BCUT2D eigenvalue weighted by molar-refractivity contribution is 0.0693. The molecule has 6 N–H and O–H groups in total. The summed E-state index contributed by atoms with van der Waals surface area (Å²) in [5.41, 5.74) is 17.9. The molecule has 1 fully saturated rings. The summed E-state index contributed by atoms with van der Waals surface area (Å²) in [5, 5.41) is 10.0. The molecule has 0 amide bonds. The maximum absolute atomic E-state index is 12.2. The lowest BCUT2D eigenvalue weighted by atomic mass is 9.78. The van der Waals surface area contributed by atoms with Gasteiger partial charge in [0.15, 0.2) is 5.82 Å². The number of nitrogens with zero attached hydrogens (tertiary/aromatic N) is 2. The molecule has 1 aromatic carbocycles. The lowest BCUT2D eigenvalue weighted by Crippen LogP contribution is -2.29. The van der Waals surface area contributed by atoms with E-state index in [9.17, 15) is 9.90 Å². The Kier molecular flexibility index (Phi) is 5.51. The second-order valence-corrected chi connectivity index (χ2v) is 9.91. The third-order valence-corrected chi connectivity index (χ3v) is 6.76. The molecule has 7 nitrogen and oxygen atoms in total. The van der Waals surface area contributed by atoms with Crippen molar-refractivity contribution in [1.29, 1.82) is 0 Å². The van der Waals surface area contributed by atoms with Crippen LogP contribution in [0.2, 0.25) is 0 Å². The van der Waals surface area contributed by atoms with E-state index >= 15 is 0 Å². The molecule has 0 radical (unpaired) electrons. The van der Waals surface area contributed by atoms with E-state index in [0.29, 0.717) is 35.8 Å². The summed E-state index contributed by atoms with van der Waals surface area (Å²) in [6.07, 6.45) is 6.40. The van der Waals surface area contributed by atoms with Crippen LogP contribution in [0.3, 0.4) is 0 Å². The minimum atomic E-state index is -0.933. The number of aryl methyl sites for hydroxylation is 1. The molecule has 3 aromatic rings. The van der Waals surface area contributed by atoms with E-state index in [-0.39, 0.29) is 6.04 Å². The van der Waals surface area contributed by atoms with Gasteiger partial charge in [-0.05, 0) is 80.8 Å². The Morgan fingerprint density at radius 3 is 2.59 bits per heavy atom. The summed E-state index contributed by atoms with van der Waals surface area (Å²) < 4.78 is 0. The van der Waals surface area contributed by atoms with Crippen LogP contribution in [0, 0.1) is 17.8 Å². The Morgan fingerprint density at radius 1 is 1.24 bits per heavy atom. The molecule has 2 aromatic heterocycles. The quantitative estimate of drug-likeness (QED) is 0.442. The first-order valence-corrected chi connectivity index (χ1v) is 11.7. The number of fused-ring (bicyclic) bond motifs is 3. The summed E-state index contributed by atoms with van der Waals surface area (Å²) >= 11 is 0. The van der Waals surface area contributed by atoms with Crippen molar-refractivity contribution in [3.05, 3.63) is 58.4 Å². The summed E-state index contributed by atoms with van der Waals surface area (Å²) in [7, 11) is 0. The molecule has 0 saturated heterocycles. The predicted molar refractivity (Wildman–Crippen MR) is 131 cm³/mol. The van der Waals surface area contributed by atoms with Crippen LogP contribution < -0.4 is 11.5 Å². The lowest BCUT2D eigenvalue weighted by Gasteiger charge is -2.31. The molecule has 1 unspecified atom stereocenters. The van der Waals surface area contributed by atoms with Crippen molar-refractivity contribution in [2.75, 3.05) is 0 Å². The van der Waals surface area contributed by atoms with Gasteiger partial charge in [0.1, 0.15) is 0 Å². The van der Waals surface area contributed by atoms with Gasteiger partial charge in [-0.3, -0.25) is 0 Å². The zero-order valence-corrected chi connectivity index (χ0v) is 19.5. The second-order valence-electron chi connectivity index (χ2n) is 9.91. The van der Waals surface area contributed by atoms with Crippen LogP contribution in [0.1, 0.15) is 71.9 Å². The summed E-state index contributed by atoms with van der Waals surface area (Å²) in [6.45, 7) is 3.73. The van der Waals surface area contributed by atoms with Gasteiger partial charge < -0.3 is 21.6 Å². The van der Waals surface area contributed by atoms with Crippen LogP contribution in [0.5, 0.6) is 0 Å². The number of aromatic nitrogens is 3. The number of carbonyl (C=O) groups is 1. The highest BCUT2D eigenvalue weighted by Gasteiger charge is 2.35. The summed E-state index contributed by atoms with van der Waals surface area (Å²) in [5.74, 6) is 6.09. The number of nitrogens with one attached hydrogen (secondary N) is 1. The Hall–Kier alpha value is -3.47. The average molecular weight is 456 g/mol. The van der Waals surface area contributed by atoms with Crippen LogP contribution in [0.4, 0.5) is 0 Å². The first-order chi connectivity index (χ1) is 16.2. The Balaban J connectivity index is 1.53. The van der Waals surface area contributed by atoms with Gasteiger partial charge >= 0.3 is 5.97 Å². The highest BCUT2D eigenvalue weighted by Crippen LogP contribution is 2.42. The van der Waals surface area contributed by atoms with Gasteiger partial charge in [0.2, 0.25) is 0 Å². The normalized spacial score (nSPS) is 16.0. The van der Waals surface area contributed by atoms with Crippen LogP contribution in [-0.4, -0.2) is 31.6 Å². The molecule has 1 saturated carbocycles. The standard InChI is InChI=1S/C27H29N5O2/c1-27(2,29)13-12-15-6-8-17(9-7-15)25-30-14-18-10-11-19-20(26(33)34)24(21(28)16-4-3-5-16)31-23(19)22(18)32-25/h6-9,14,16,21,31H,3-5,10-11,28-29H2,1-2H3,(H,33,34). The number of rotatable bonds is 4. The van der Waals surface area contributed by atoms with Crippen molar-refractivity contribution in [3.8, 4) is 34.6 Å². The highest BCUT2D eigenvalue weighted by molar-refractivity contribution is 5.94. The van der Waals surface area contributed by atoms with Gasteiger partial charge in [-0.25, -0.2) is 14.8 Å². The van der Waals surface area contributed by atoms with Crippen molar-refractivity contribution in [2.45, 2.75) is 57.5 Å². The molecule has 0 aliphatic heterocycles. The number of carboxylic acid groups (broad SMARTS) is 1. The number of hydrogen-bond donors (Lipinski definition) is 4. The zero-order chi connectivity index (χ0) is 24.0. The van der Waals surface area contributed by atoms with Gasteiger partial charge in [-0.2, -0.15) is 0 Å². The Labute approximate surface area is 199 Å². The summed E-state index contributed by atoms with van der Waals surface area (Å²) in [4.78, 5) is 25.0. The van der Waals surface area contributed by atoms with E-state index in [1.165, 1.54) is 0 Å². The molecule has 2 aliphatic rings. The van der Waals surface area contributed by atoms with E-state index in [0.717, 1.165) is 52.9 Å². The van der Waals surface area contributed by atoms with Crippen molar-refractivity contribution in [1.82, 2.24) is 15.0 Å². The topological polar surface area (TPSA) is 131 Å². The molecule has 0 spiro atoms. The van der Waals surface area contributed by atoms with Crippen LogP contribution in [0.25, 0.3) is 22.8 Å². The fourth-order valence-electron chi connectivity index (χ4n) is 4.68. The molecule has 2 heterocycles. The van der Waals surface area contributed by atoms with Gasteiger partial charge in [0.05, 0.1) is 22.5 Å². The zero-order valence-electron chi connectivity index (χ0n) is 19.5. The fourth-order valence-corrected chi connectivity index (χ4v) is 4.68. The van der Waals surface area contributed by atoms with Crippen molar-refractivity contribution in [2.24, 2.45) is 17.4 Å². The van der Waals surface area contributed by atoms with Crippen LogP contribution in [-0.2, 0) is 12.8 Å². The molecule has 5 rings (SSSR count). The number of carboxylic acids is 1. The van der Waals surface area contributed by atoms with Crippen molar-refractivity contribution >= 4 is 5.97 Å². The number of hydrogen-bond acceptors (Lipinski definition) is 5. The van der Waals surface area contributed by atoms with E-state index in [1.54, 1.807) is 0 Å². The Morgan fingerprint density at radius 2 is 1.97 bits per heavy atom.